The number of nitrogen functional groups attached to an aromatic ring is 1. The number of carbonyl (C=O) groups is 1. The molecule has 0 aliphatic rings. The van der Waals surface area contributed by atoms with Crippen LogP contribution in [0, 0.1) is 0 Å². The molecule has 0 radical (unpaired) electrons. The van der Waals surface area contributed by atoms with Crippen molar-refractivity contribution in [1.82, 2.24) is 5.32 Å². The minimum absolute atomic E-state index is 0.129. The Morgan fingerprint density at radius 3 is 2.83 bits per heavy atom. The summed E-state index contributed by atoms with van der Waals surface area (Å²) in [5.41, 5.74) is 7.82. The number of amides is 1. The highest BCUT2D eigenvalue weighted by atomic mass is 16.5. The standard InChI is InChI=1S/C13H21N3O2/c1-4-18-8-9(2)16-12-7-10(13(17)15-3)5-6-11(12)14/h5-7,9,16H,4,8,14H2,1-3H3,(H,15,17). The van der Waals surface area contributed by atoms with E-state index in [1.54, 1.807) is 25.2 Å². The molecule has 1 aromatic rings. The third-order valence-electron chi connectivity index (χ3n) is 2.52. The van der Waals surface area contributed by atoms with Gasteiger partial charge in [-0.2, -0.15) is 0 Å². The van der Waals surface area contributed by atoms with E-state index >= 15 is 0 Å². The Balaban J connectivity index is 2.77. The van der Waals surface area contributed by atoms with Crippen molar-refractivity contribution in [2.45, 2.75) is 19.9 Å². The first kappa shape index (κ1) is 14.3. The number of nitrogens with one attached hydrogen (secondary N) is 2. The van der Waals surface area contributed by atoms with E-state index in [0.717, 1.165) is 5.69 Å². The van der Waals surface area contributed by atoms with Gasteiger partial charge in [0.1, 0.15) is 0 Å². The third kappa shape index (κ3) is 3.92. The van der Waals surface area contributed by atoms with Crippen LogP contribution in [0.3, 0.4) is 0 Å². The number of carbonyl (C=O) groups excluding carboxylic acids is 1. The predicted molar refractivity (Wildman–Crippen MR) is 73.8 cm³/mol. The fourth-order valence-electron chi connectivity index (χ4n) is 1.57. The van der Waals surface area contributed by atoms with Gasteiger partial charge < -0.3 is 21.1 Å². The zero-order chi connectivity index (χ0) is 13.5. The van der Waals surface area contributed by atoms with Crippen molar-refractivity contribution in [3.8, 4) is 0 Å². The van der Waals surface area contributed by atoms with Gasteiger partial charge in [0.2, 0.25) is 0 Å². The molecule has 0 heterocycles. The topological polar surface area (TPSA) is 76.4 Å². The summed E-state index contributed by atoms with van der Waals surface area (Å²) < 4.78 is 5.32. The first-order valence-corrected chi connectivity index (χ1v) is 6.04. The second kappa shape index (κ2) is 6.86. The Hall–Kier alpha value is -1.75. The molecule has 5 heteroatoms. The number of hydrogen-bond donors (Lipinski definition) is 3. The Bertz CT molecular complexity index is 407. The van der Waals surface area contributed by atoms with Crippen LogP contribution in [-0.4, -0.2) is 32.2 Å². The summed E-state index contributed by atoms with van der Waals surface area (Å²) in [4.78, 5) is 11.5. The Labute approximate surface area is 108 Å². The maximum atomic E-state index is 11.5. The average Bonchev–Trinajstić information content (AvgIpc) is 2.38. The van der Waals surface area contributed by atoms with Crippen LogP contribution in [0.25, 0.3) is 0 Å². The summed E-state index contributed by atoms with van der Waals surface area (Å²) in [6, 6.07) is 5.30. The van der Waals surface area contributed by atoms with Crippen LogP contribution >= 0.6 is 0 Å². The normalized spacial score (nSPS) is 11.9. The van der Waals surface area contributed by atoms with Crippen LogP contribution in [0.2, 0.25) is 0 Å². The minimum atomic E-state index is -0.129. The molecule has 18 heavy (non-hydrogen) atoms. The van der Waals surface area contributed by atoms with Crippen LogP contribution in [0.4, 0.5) is 11.4 Å². The highest BCUT2D eigenvalue weighted by molar-refractivity contribution is 5.96. The van der Waals surface area contributed by atoms with Crippen molar-refractivity contribution in [1.29, 1.82) is 0 Å². The van der Waals surface area contributed by atoms with E-state index in [-0.39, 0.29) is 11.9 Å². The second-order valence-electron chi connectivity index (χ2n) is 4.09. The van der Waals surface area contributed by atoms with Gasteiger partial charge in [-0.3, -0.25) is 4.79 Å². The zero-order valence-corrected chi connectivity index (χ0v) is 11.1. The Kier molecular flexibility index (Phi) is 5.45. The quantitative estimate of drug-likeness (QED) is 0.669. The number of ether oxygens (including phenoxy) is 1. The van der Waals surface area contributed by atoms with Crippen LogP contribution in [0.5, 0.6) is 0 Å². The van der Waals surface area contributed by atoms with Crippen molar-refractivity contribution in [3.63, 3.8) is 0 Å². The van der Waals surface area contributed by atoms with Gasteiger partial charge in [0, 0.05) is 25.3 Å². The van der Waals surface area contributed by atoms with Crippen LogP contribution in [0.15, 0.2) is 18.2 Å². The van der Waals surface area contributed by atoms with E-state index in [0.29, 0.717) is 24.5 Å². The summed E-state index contributed by atoms with van der Waals surface area (Å²) in [6.45, 7) is 5.23. The molecule has 0 saturated heterocycles. The second-order valence-corrected chi connectivity index (χ2v) is 4.09. The van der Waals surface area contributed by atoms with E-state index in [1.807, 2.05) is 13.8 Å². The monoisotopic (exact) mass is 251 g/mol. The summed E-state index contributed by atoms with van der Waals surface area (Å²) in [5.74, 6) is -0.129. The SMILES string of the molecule is CCOCC(C)Nc1cc(C(=O)NC)ccc1N. The van der Waals surface area contributed by atoms with Crippen molar-refractivity contribution in [2.24, 2.45) is 0 Å². The summed E-state index contributed by atoms with van der Waals surface area (Å²) in [6.07, 6.45) is 0. The maximum absolute atomic E-state index is 11.5. The summed E-state index contributed by atoms with van der Waals surface area (Å²) in [5, 5.41) is 5.82. The molecule has 5 nitrogen and oxygen atoms in total. The van der Waals surface area contributed by atoms with Gasteiger partial charge in [-0.1, -0.05) is 0 Å². The van der Waals surface area contributed by atoms with Crippen molar-refractivity contribution in [3.05, 3.63) is 23.8 Å². The molecule has 0 aliphatic heterocycles. The largest absolute Gasteiger partial charge is 0.397 e. The molecule has 1 rings (SSSR count). The lowest BCUT2D eigenvalue weighted by Crippen LogP contribution is -2.23. The van der Waals surface area contributed by atoms with Gasteiger partial charge in [-0.15, -0.1) is 0 Å². The molecule has 1 aromatic carbocycles. The third-order valence-corrected chi connectivity index (χ3v) is 2.52. The molecular weight excluding hydrogens is 230 g/mol. The van der Waals surface area contributed by atoms with E-state index in [4.69, 9.17) is 10.5 Å². The first-order valence-electron chi connectivity index (χ1n) is 6.04. The molecule has 1 amide bonds. The molecule has 0 aromatic heterocycles. The summed E-state index contributed by atoms with van der Waals surface area (Å²) >= 11 is 0. The highest BCUT2D eigenvalue weighted by Gasteiger charge is 2.09. The van der Waals surface area contributed by atoms with Crippen LogP contribution < -0.4 is 16.4 Å². The maximum Gasteiger partial charge on any atom is 0.251 e. The molecule has 0 saturated carbocycles. The zero-order valence-electron chi connectivity index (χ0n) is 11.1. The number of benzene rings is 1. The molecule has 0 aliphatic carbocycles. The van der Waals surface area contributed by atoms with Gasteiger partial charge in [-0.05, 0) is 32.0 Å². The van der Waals surface area contributed by atoms with Gasteiger partial charge in [0.25, 0.3) is 5.91 Å². The van der Waals surface area contributed by atoms with Crippen molar-refractivity contribution < 1.29 is 9.53 Å². The molecule has 0 spiro atoms. The van der Waals surface area contributed by atoms with Crippen LogP contribution in [0.1, 0.15) is 24.2 Å². The molecule has 4 N–H and O–H groups in total. The lowest BCUT2D eigenvalue weighted by Gasteiger charge is -2.17. The number of nitrogens with two attached hydrogens (primary N) is 1. The molecule has 1 atom stereocenters. The fraction of sp³-hybridized carbons (Fsp3) is 0.462. The predicted octanol–water partition coefficient (Wildman–Crippen LogP) is 1.47. The lowest BCUT2D eigenvalue weighted by atomic mass is 10.1. The molecular formula is C13H21N3O2. The Morgan fingerprint density at radius 1 is 1.50 bits per heavy atom. The van der Waals surface area contributed by atoms with Crippen molar-refractivity contribution >= 4 is 17.3 Å². The first-order chi connectivity index (χ1) is 8.58. The fourth-order valence-corrected chi connectivity index (χ4v) is 1.57. The highest BCUT2D eigenvalue weighted by Crippen LogP contribution is 2.21. The summed E-state index contributed by atoms with van der Waals surface area (Å²) in [7, 11) is 1.60. The number of anilines is 2. The van der Waals surface area contributed by atoms with E-state index < -0.39 is 0 Å². The van der Waals surface area contributed by atoms with Crippen molar-refractivity contribution in [2.75, 3.05) is 31.3 Å². The van der Waals surface area contributed by atoms with Gasteiger partial charge >= 0.3 is 0 Å². The molecule has 1 unspecified atom stereocenters. The Morgan fingerprint density at radius 2 is 2.22 bits per heavy atom. The van der Waals surface area contributed by atoms with Gasteiger partial charge in [0.15, 0.2) is 0 Å². The van der Waals surface area contributed by atoms with Gasteiger partial charge in [-0.25, -0.2) is 0 Å². The van der Waals surface area contributed by atoms with E-state index in [9.17, 15) is 4.79 Å². The molecule has 100 valence electrons. The van der Waals surface area contributed by atoms with Crippen LogP contribution in [-0.2, 0) is 4.74 Å². The lowest BCUT2D eigenvalue weighted by molar-refractivity contribution is 0.0963. The van der Waals surface area contributed by atoms with E-state index in [1.165, 1.54) is 0 Å². The average molecular weight is 251 g/mol. The number of hydrogen-bond acceptors (Lipinski definition) is 4. The number of rotatable bonds is 6. The molecule has 0 bridgehead atoms. The van der Waals surface area contributed by atoms with Gasteiger partial charge in [0.05, 0.1) is 18.0 Å². The molecule has 0 fully saturated rings. The minimum Gasteiger partial charge on any atom is -0.397 e. The smallest absolute Gasteiger partial charge is 0.251 e. The van der Waals surface area contributed by atoms with E-state index in [2.05, 4.69) is 10.6 Å².